The van der Waals surface area contributed by atoms with Crippen LogP contribution >= 0.6 is 0 Å². The second-order valence-electron chi connectivity index (χ2n) is 6.12. The SMILES string of the molecule is COc1ccc(CNC(=O)N(CC2CCOC2)C2CC2)cc1. The number of urea groups is 1. The van der Waals surface area contributed by atoms with E-state index in [-0.39, 0.29) is 6.03 Å². The Bertz CT molecular complexity index is 493. The van der Waals surface area contributed by atoms with E-state index >= 15 is 0 Å². The van der Waals surface area contributed by atoms with Crippen LogP contribution in [-0.2, 0) is 11.3 Å². The lowest BCUT2D eigenvalue weighted by Crippen LogP contribution is -2.43. The number of carbonyl (C=O) groups is 1. The van der Waals surface area contributed by atoms with Gasteiger partial charge in [0.15, 0.2) is 0 Å². The first kappa shape index (κ1) is 15.2. The summed E-state index contributed by atoms with van der Waals surface area (Å²) in [6.07, 6.45) is 3.32. The number of ether oxygens (including phenoxy) is 2. The zero-order valence-corrected chi connectivity index (χ0v) is 13.1. The Hall–Kier alpha value is -1.75. The van der Waals surface area contributed by atoms with E-state index in [1.54, 1.807) is 7.11 Å². The molecule has 1 aromatic carbocycles. The molecule has 1 heterocycles. The van der Waals surface area contributed by atoms with Gasteiger partial charge in [-0.15, -0.1) is 0 Å². The summed E-state index contributed by atoms with van der Waals surface area (Å²) < 4.78 is 10.6. The maximum absolute atomic E-state index is 12.5. The molecule has 3 rings (SSSR count). The lowest BCUT2D eigenvalue weighted by molar-refractivity contribution is 0.162. The predicted molar refractivity (Wildman–Crippen MR) is 83.9 cm³/mol. The Morgan fingerprint density at radius 1 is 1.32 bits per heavy atom. The van der Waals surface area contributed by atoms with E-state index in [0.717, 1.165) is 50.3 Å². The molecule has 1 saturated heterocycles. The molecular formula is C17H24N2O3. The fourth-order valence-electron chi connectivity index (χ4n) is 2.81. The third-order valence-electron chi connectivity index (χ3n) is 4.33. The summed E-state index contributed by atoms with van der Waals surface area (Å²) in [7, 11) is 1.65. The summed E-state index contributed by atoms with van der Waals surface area (Å²) in [5, 5.41) is 3.04. The third-order valence-corrected chi connectivity index (χ3v) is 4.33. The Labute approximate surface area is 131 Å². The highest BCUT2D eigenvalue weighted by Gasteiger charge is 2.34. The smallest absolute Gasteiger partial charge is 0.317 e. The van der Waals surface area contributed by atoms with E-state index in [4.69, 9.17) is 9.47 Å². The third kappa shape index (κ3) is 3.91. The van der Waals surface area contributed by atoms with Crippen molar-refractivity contribution in [2.75, 3.05) is 26.9 Å². The topological polar surface area (TPSA) is 50.8 Å². The van der Waals surface area contributed by atoms with Crippen molar-refractivity contribution in [3.63, 3.8) is 0 Å². The minimum atomic E-state index is 0.0465. The molecule has 1 unspecified atom stereocenters. The van der Waals surface area contributed by atoms with Crippen molar-refractivity contribution in [3.8, 4) is 5.75 Å². The number of benzene rings is 1. The van der Waals surface area contributed by atoms with Gasteiger partial charge in [-0.1, -0.05) is 12.1 Å². The van der Waals surface area contributed by atoms with Gasteiger partial charge in [0.25, 0.3) is 0 Å². The van der Waals surface area contributed by atoms with Gasteiger partial charge in [-0.2, -0.15) is 0 Å². The van der Waals surface area contributed by atoms with Gasteiger partial charge >= 0.3 is 6.03 Å². The molecule has 120 valence electrons. The molecule has 0 bridgehead atoms. The van der Waals surface area contributed by atoms with Crippen LogP contribution in [0.2, 0.25) is 0 Å². The Morgan fingerprint density at radius 3 is 2.68 bits per heavy atom. The number of methoxy groups -OCH3 is 1. The molecule has 1 saturated carbocycles. The van der Waals surface area contributed by atoms with Gasteiger partial charge in [-0.25, -0.2) is 4.79 Å². The highest BCUT2D eigenvalue weighted by atomic mass is 16.5. The van der Waals surface area contributed by atoms with E-state index in [1.165, 1.54) is 0 Å². The summed E-state index contributed by atoms with van der Waals surface area (Å²) in [6.45, 7) is 2.98. The number of nitrogens with zero attached hydrogens (tertiary/aromatic N) is 1. The number of nitrogens with one attached hydrogen (secondary N) is 1. The van der Waals surface area contributed by atoms with Gasteiger partial charge in [-0.3, -0.25) is 0 Å². The molecule has 0 spiro atoms. The average Bonchev–Trinajstić information content (AvgIpc) is 3.27. The number of hydrogen-bond acceptors (Lipinski definition) is 3. The lowest BCUT2D eigenvalue weighted by Gasteiger charge is -2.25. The Balaban J connectivity index is 1.51. The van der Waals surface area contributed by atoms with Crippen LogP contribution < -0.4 is 10.1 Å². The van der Waals surface area contributed by atoms with Gasteiger partial charge in [-0.05, 0) is 37.0 Å². The van der Waals surface area contributed by atoms with Crippen LogP contribution in [0, 0.1) is 5.92 Å². The van der Waals surface area contributed by atoms with Crippen molar-refractivity contribution in [2.45, 2.75) is 31.8 Å². The second kappa shape index (κ2) is 7.01. The molecule has 0 aromatic heterocycles. The molecule has 2 fully saturated rings. The summed E-state index contributed by atoms with van der Waals surface area (Å²) in [4.78, 5) is 14.5. The maximum atomic E-state index is 12.5. The molecule has 1 aromatic rings. The van der Waals surface area contributed by atoms with E-state index in [1.807, 2.05) is 29.2 Å². The molecule has 5 nitrogen and oxygen atoms in total. The monoisotopic (exact) mass is 304 g/mol. The average molecular weight is 304 g/mol. The molecule has 1 aliphatic carbocycles. The van der Waals surface area contributed by atoms with Crippen LogP contribution in [0.5, 0.6) is 5.75 Å². The standard InChI is InChI=1S/C17H24N2O3/c1-21-16-6-2-13(3-7-16)10-18-17(20)19(15-4-5-15)11-14-8-9-22-12-14/h2-3,6-7,14-15H,4-5,8-12H2,1H3,(H,18,20). The zero-order chi connectivity index (χ0) is 15.4. The number of amides is 2. The van der Waals surface area contributed by atoms with Crippen LogP contribution in [0.15, 0.2) is 24.3 Å². The predicted octanol–water partition coefficient (Wildman–Crippen LogP) is 2.41. The van der Waals surface area contributed by atoms with Crippen LogP contribution in [0.25, 0.3) is 0 Å². The quantitative estimate of drug-likeness (QED) is 0.878. The van der Waals surface area contributed by atoms with Crippen molar-refractivity contribution < 1.29 is 14.3 Å². The number of carbonyl (C=O) groups excluding carboxylic acids is 1. The van der Waals surface area contributed by atoms with Gasteiger partial charge < -0.3 is 19.7 Å². The van der Waals surface area contributed by atoms with Crippen molar-refractivity contribution in [1.29, 1.82) is 0 Å². The summed E-state index contributed by atoms with van der Waals surface area (Å²) >= 11 is 0. The van der Waals surface area contributed by atoms with Crippen molar-refractivity contribution in [1.82, 2.24) is 10.2 Å². The molecular weight excluding hydrogens is 280 g/mol. The summed E-state index contributed by atoms with van der Waals surface area (Å²) in [5.41, 5.74) is 1.08. The zero-order valence-electron chi connectivity index (χ0n) is 13.1. The molecule has 0 radical (unpaired) electrons. The highest BCUT2D eigenvalue weighted by Crippen LogP contribution is 2.29. The summed E-state index contributed by atoms with van der Waals surface area (Å²) in [6, 6.07) is 8.25. The van der Waals surface area contributed by atoms with E-state index in [0.29, 0.717) is 18.5 Å². The van der Waals surface area contributed by atoms with Crippen LogP contribution in [0.3, 0.4) is 0 Å². The Kier molecular flexibility index (Phi) is 4.83. The van der Waals surface area contributed by atoms with Gasteiger partial charge in [0.1, 0.15) is 5.75 Å². The van der Waals surface area contributed by atoms with Gasteiger partial charge in [0.2, 0.25) is 0 Å². The number of hydrogen-bond donors (Lipinski definition) is 1. The van der Waals surface area contributed by atoms with Crippen molar-refractivity contribution >= 4 is 6.03 Å². The normalized spacial score (nSPS) is 20.7. The van der Waals surface area contributed by atoms with Gasteiger partial charge in [0.05, 0.1) is 13.7 Å². The van der Waals surface area contributed by atoms with Crippen LogP contribution in [0.1, 0.15) is 24.8 Å². The van der Waals surface area contributed by atoms with Crippen LogP contribution in [-0.4, -0.2) is 43.8 Å². The molecule has 1 aliphatic heterocycles. The largest absolute Gasteiger partial charge is 0.497 e. The highest BCUT2D eigenvalue weighted by molar-refractivity contribution is 5.75. The summed E-state index contributed by atoms with van der Waals surface area (Å²) in [5.74, 6) is 1.32. The Morgan fingerprint density at radius 2 is 2.09 bits per heavy atom. The molecule has 1 N–H and O–H groups in total. The molecule has 2 amide bonds. The molecule has 1 atom stereocenters. The minimum absolute atomic E-state index is 0.0465. The van der Waals surface area contributed by atoms with E-state index in [9.17, 15) is 4.79 Å². The maximum Gasteiger partial charge on any atom is 0.317 e. The van der Waals surface area contributed by atoms with E-state index in [2.05, 4.69) is 5.32 Å². The van der Waals surface area contributed by atoms with E-state index < -0.39 is 0 Å². The first-order valence-electron chi connectivity index (χ1n) is 8.01. The second-order valence-corrected chi connectivity index (χ2v) is 6.12. The van der Waals surface area contributed by atoms with Crippen molar-refractivity contribution in [3.05, 3.63) is 29.8 Å². The fraction of sp³-hybridized carbons (Fsp3) is 0.588. The molecule has 5 heteroatoms. The van der Waals surface area contributed by atoms with Gasteiger partial charge in [0, 0.05) is 31.7 Å². The molecule has 22 heavy (non-hydrogen) atoms. The number of rotatable bonds is 6. The molecule has 2 aliphatic rings. The first-order valence-corrected chi connectivity index (χ1v) is 8.01. The lowest BCUT2D eigenvalue weighted by atomic mass is 10.1. The van der Waals surface area contributed by atoms with Crippen molar-refractivity contribution in [2.24, 2.45) is 5.92 Å². The minimum Gasteiger partial charge on any atom is -0.497 e. The van der Waals surface area contributed by atoms with Crippen LogP contribution in [0.4, 0.5) is 4.79 Å². The fourth-order valence-corrected chi connectivity index (χ4v) is 2.81. The first-order chi connectivity index (χ1) is 10.8.